The fraction of sp³-hybridized carbons (Fsp3) is 0.208. The molecule has 0 amide bonds. The SMILES string of the molecule is OCC1OC(Oc2cc(O)cc(C3c4c(cc(O)cc4C4c5c(/C=C/c6ccc(O)cc6)cc(O)cc5OC4c4ccc(O)cc4)OC3c3ccc(O)cc3)c2)C(O)C(O)C1O. The van der Waals surface area contributed by atoms with Gasteiger partial charge in [0.25, 0.3) is 0 Å². The van der Waals surface area contributed by atoms with Gasteiger partial charge in [-0.25, -0.2) is 0 Å². The molecular formula is C48H42O14. The molecule has 1 saturated heterocycles. The summed E-state index contributed by atoms with van der Waals surface area (Å²) in [6.07, 6.45) is -5.87. The van der Waals surface area contributed by atoms with Crippen LogP contribution in [0.25, 0.3) is 12.2 Å². The Hall–Kier alpha value is -6.94. The molecule has 3 heterocycles. The lowest BCUT2D eigenvalue weighted by atomic mass is 9.75. The monoisotopic (exact) mass is 842 g/mol. The molecule has 3 aliphatic heterocycles. The zero-order valence-electron chi connectivity index (χ0n) is 32.6. The predicted molar refractivity (Wildman–Crippen MR) is 222 cm³/mol. The van der Waals surface area contributed by atoms with E-state index in [9.17, 15) is 51.1 Å². The van der Waals surface area contributed by atoms with Crippen LogP contribution in [0.2, 0.25) is 0 Å². The van der Waals surface area contributed by atoms with Crippen LogP contribution in [0.5, 0.6) is 51.7 Å². The average molecular weight is 843 g/mol. The second kappa shape index (κ2) is 16.2. The zero-order valence-corrected chi connectivity index (χ0v) is 32.6. The number of hydrogen-bond acceptors (Lipinski definition) is 14. The van der Waals surface area contributed by atoms with Crippen LogP contribution in [-0.2, 0) is 4.74 Å². The Morgan fingerprint density at radius 1 is 0.500 bits per heavy atom. The zero-order chi connectivity index (χ0) is 43.4. The molecule has 6 aromatic rings. The van der Waals surface area contributed by atoms with Gasteiger partial charge in [0.2, 0.25) is 6.29 Å². The highest BCUT2D eigenvalue weighted by Gasteiger charge is 2.47. The summed E-state index contributed by atoms with van der Waals surface area (Å²) in [5.74, 6) is -1.17. The number of aliphatic hydroxyl groups is 4. The number of phenols is 6. The molecule has 10 N–H and O–H groups in total. The first-order valence-corrected chi connectivity index (χ1v) is 19.8. The molecule has 0 bridgehead atoms. The van der Waals surface area contributed by atoms with Crippen LogP contribution in [0.15, 0.2) is 115 Å². The molecule has 3 aliphatic rings. The van der Waals surface area contributed by atoms with E-state index in [0.29, 0.717) is 50.4 Å². The third-order valence-corrected chi connectivity index (χ3v) is 11.6. The molecule has 0 aromatic heterocycles. The van der Waals surface area contributed by atoms with Gasteiger partial charge in [-0.2, -0.15) is 0 Å². The Balaban J connectivity index is 1.23. The van der Waals surface area contributed by atoms with Gasteiger partial charge < -0.3 is 70.0 Å². The Morgan fingerprint density at radius 2 is 1.05 bits per heavy atom. The molecule has 0 aliphatic carbocycles. The van der Waals surface area contributed by atoms with E-state index < -0.39 is 61.4 Å². The molecule has 0 radical (unpaired) electrons. The topological polar surface area (TPSA) is 239 Å². The molecule has 9 rings (SSSR count). The fourth-order valence-electron chi connectivity index (χ4n) is 8.67. The van der Waals surface area contributed by atoms with E-state index >= 15 is 0 Å². The number of fused-ring (bicyclic) bond motifs is 2. The van der Waals surface area contributed by atoms with Crippen molar-refractivity contribution in [1.82, 2.24) is 0 Å². The van der Waals surface area contributed by atoms with Gasteiger partial charge >= 0.3 is 0 Å². The van der Waals surface area contributed by atoms with Crippen LogP contribution in [0.4, 0.5) is 0 Å². The second-order valence-electron chi connectivity index (χ2n) is 15.6. The van der Waals surface area contributed by atoms with E-state index in [1.807, 2.05) is 12.2 Å². The van der Waals surface area contributed by atoms with Crippen LogP contribution < -0.4 is 14.2 Å². The maximum atomic E-state index is 11.5. The van der Waals surface area contributed by atoms with E-state index in [-0.39, 0.29) is 40.2 Å². The van der Waals surface area contributed by atoms with Gasteiger partial charge in [-0.05, 0) is 94.0 Å². The number of hydrogen-bond donors (Lipinski definition) is 10. The average Bonchev–Trinajstić information content (AvgIpc) is 3.83. The Kier molecular flexibility index (Phi) is 10.5. The molecule has 14 heteroatoms. The molecule has 9 unspecified atom stereocenters. The minimum atomic E-state index is -1.73. The van der Waals surface area contributed by atoms with Crippen LogP contribution in [0.1, 0.15) is 68.6 Å². The van der Waals surface area contributed by atoms with Crippen molar-refractivity contribution in [1.29, 1.82) is 0 Å². The third-order valence-electron chi connectivity index (χ3n) is 11.6. The van der Waals surface area contributed by atoms with Gasteiger partial charge in [0.05, 0.1) is 18.4 Å². The standard InChI is InChI=1S/C48H42O14/c49-22-38-43(56)44(57)45(58)48(62-38)59-34-17-27(16-31(53)18-34)40-41-35(19-33(55)21-37(41)61-46(40)24-5-11-29(51)12-6-24)42-39-26(4-1-23-2-9-28(50)10-3-23)15-32(54)20-36(39)60-47(42)25-7-13-30(52)14-8-25/h1-21,38,40,42-58H,22H2/b4-1+. The Morgan fingerprint density at radius 3 is 1.66 bits per heavy atom. The second-order valence-corrected chi connectivity index (χ2v) is 15.6. The van der Waals surface area contributed by atoms with Gasteiger partial charge in [0.1, 0.15) is 88.4 Å². The molecule has 9 atom stereocenters. The van der Waals surface area contributed by atoms with E-state index in [1.54, 1.807) is 66.7 Å². The van der Waals surface area contributed by atoms with Crippen molar-refractivity contribution in [3.8, 4) is 51.7 Å². The molecule has 62 heavy (non-hydrogen) atoms. The number of benzene rings is 6. The van der Waals surface area contributed by atoms with Crippen molar-refractivity contribution >= 4 is 12.2 Å². The van der Waals surface area contributed by atoms with E-state index in [2.05, 4.69) is 0 Å². The quantitative estimate of drug-likeness (QED) is 0.0775. The molecule has 0 saturated carbocycles. The highest BCUT2D eigenvalue weighted by atomic mass is 16.7. The lowest BCUT2D eigenvalue weighted by molar-refractivity contribution is -0.277. The predicted octanol–water partition coefficient (Wildman–Crippen LogP) is 5.80. The van der Waals surface area contributed by atoms with Crippen LogP contribution in [0, 0.1) is 0 Å². The highest BCUT2D eigenvalue weighted by molar-refractivity contribution is 5.76. The van der Waals surface area contributed by atoms with Gasteiger partial charge in [-0.15, -0.1) is 0 Å². The largest absolute Gasteiger partial charge is 0.508 e. The van der Waals surface area contributed by atoms with E-state index in [1.165, 1.54) is 48.5 Å². The minimum absolute atomic E-state index is 0.00351. The number of rotatable bonds is 9. The number of aliphatic hydroxyl groups excluding tert-OH is 4. The van der Waals surface area contributed by atoms with Crippen molar-refractivity contribution in [3.05, 3.63) is 160 Å². The summed E-state index contributed by atoms with van der Waals surface area (Å²) in [5, 5.41) is 106. The van der Waals surface area contributed by atoms with Crippen molar-refractivity contribution in [2.75, 3.05) is 6.61 Å². The van der Waals surface area contributed by atoms with E-state index in [4.69, 9.17) is 18.9 Å². The minimum Gasteiger partial charge on any atom is -0.508 e. The lowest BCUT2D eigenvalue weighted by Crippen LogP contribution is -2.60. The molecule has 6 aromatic carbocycles. The summed E-state index contributed by atoms with van der Waals surface area (Å²) in [5.41, 5.74) is 4.84. The molecule has 318 valence electrons. The van der Waals surface area contributed by atoms with Crippen molar-refractivity contribution in [2.45, 2.75) is 54.7 Å². The van der Waals surface area contributed by atoms with Gasteiger partial charge in [-0.3, -0.25) is 0 Å². The fourth-order valence-corrected chi connectivity index (χ4v) is 8.67. The molecule has 0 spiro atoms. The summed E-state index contributed by atoms with van der Waals surface area (Å²) in [6, 6.07) is 30.1. The molecular weight excluding hydrogens is 801 g/mol. The van der Waals surface area contributed by atoms with Gasteiger partial charge in [0, 0.05) is 29.3 Å². The maximum absolute atomic E-state index is 11.5. The third kappa shape index (κ3) is 7.54. The Labute approximate surface area is 354 Å². The smallest absolute Gasteiger partial charge is 0.229 e. The summed E-state index contributed by atoms with van der Waals surface area (Å²) >= 11 is 0. The van der Waals surface area contributed by atoms with Crippen molar-refractivity contribution < 1.29 is 70.0 Å². The highest BCUT2D eigenvalue weighted by Crippen LogP contribution is 2.60. The summed E-state index contributed by atoms with van der Waals surface area (Å²) in [6.45, 7) is -0.677. The maximum Gasteiger partial charge on any atom is 0.229 e. The van der Waals surface area contributed by atoms with Crippen LogP contribution >= 0.6 is 0 Å². The lowest BCUT2D eigenvalue weighted by Gasteiger charge is -2.39. The molecule has 1 fully saturated rings. The van der Waals surface area contributed by atoms with Crippen LogP contribution in [0.3, 0.4) is 0 Å². The van der Waals surface area contributed by atoms with Gasteiger partial charge in [0.15, 0.2) is 0 Å². The number of phenolic OH excluding ortho intramolecular Hbond substituents is 6. The summed E-state index contributed by atoms with van der Waals surface area (Å²) in [4.78, 5) is 0. The van der Waals surface area contributed by atoms with E-state index in [0.717, 1.165) is 5.56 Å². The van der Waals surface area contributed by atoms with Gasteiger partial charge in [-0.1, -0.05) is 48.6 Å². The van der Waals surface area contributed by atoms with Crippen molar-refractivity contribution in [3.63, 3.8) is 0 Å². The number of ether oxygens (including phenoxy) is 4. The summed E-state index contributed by atoms with van der Waals surface area (Å²) < 4.78 is 25.1. The Bertz CT molecular complexity index is 2630. The van der Waals surface area contributed by atoms with Crippen molar-refractivity contribution in [2.24, 2.45) is 0 Å². The normalized spacial score (nSPS) is 25.2. The summed E-state index contributed by atoms with van der Waals surface area (Å²) in [7, 11) is 0. The first-order valence-electron chi connectivity index (χ1n) is 19.8. The first kappa shape index (κ1) is 40.5. The van der Waals surface area contributed by atoms with Crippen LogP contribution in [-0.4, -0.2) is 88.4 Å². The first-order chi connectivity index (χ1) is 29.8. The molecule has 14 nitrogen and oxygen atoms in total. The number of aromatic hydroxyl groups is 6.